The number of likely N-dealkylation sites (N-methyl/N-ethyl adjacent to an activating group) is 1. The van der Waals surface area contributed by atoms with Crippen molar-refractivity contribution in [2.24, 2.45) is 0 Å². The van der Waals surface area contributed by atoms with Gasteiger partial charge < -0.3 is 24.8 Å². The van der Waals surface area contributed by atoms with Gasteiger partial charge in [-0.2, -0.15) is 0 Å². The Morgan fingerprint density at radius 1 is 0.720 bits per heavy atom. The SMILES string of the molecule is CNC(=O)C(Cc1ccc(O[Si](C)(C)C(C)(C)C)cc1)NC(=O)/C=C(\C(=O)NCCc1ccc(O[Si](C)(C)C(C)(C)C)cc1)c1ccccc1. The Labute approximate surface area is 301 Å². The lowest BCUT2D eigenvalue weighted by Gasteiger charge is -2.36. The first kappa shape index (κ1) is 40.3. The Hall–Kier alpha value is -4.16. The summed E-state index contributed by atoms with van der Waals surface area (Å²) in [6.45, 7) is 22.4. The van der Waals surface area contributed by atoms with E-state index in [1.807, 2.05) is 66.7 Å². The molecule has 10 heteroatoms. The third-order valence-electron chi connectivity index (χ3n) is 9.83. The second kappa shape index (κ2) is 16.7. The molecule has 0 saturated carbocycles. The fourth-order valence-corrected chi connectivity index (χ4v) is 6.65. The van der Waals surface area contributed by atoms with Crippen molar-refractivity contribution in [2.45, 2.75) is 96.7 Å². The van der Waals surface area contributed by atoms with Gasteiger partial charge in [0, 0.05) is 26.1 Å². The molecule has 50 heavy (non-hydrogen) atoms. The zero-order valence-electron chi connectivity index (χ0n) is 31.8. The van der Waals surface area contributed by atoms with E-state index in [9.17, 15) is 14.4 Å². The van der Waals surface area contributed by atoms with Crippen LogP contribution in [0, 0.1) is 0 Å². The molecule has 1 unspecified atom stereocenters. The molecule has 270 valence electrons. The monoisotopic (exact) mass is 715 g/mol. The average Bonchev–Trinajstić information content (AvgIpc) is 3.03. The van der Waals surface area contributed by atoms with Crippen molar-refractivity contribution in [1.29, 1.82) is 0 Å². The van der Waals surface area contributed by atoms with Crippen LogP contribution in [0.3, 0.4) is 0 Å². The summed E-state index contributed by atoms with van der Waals surface area (Å²) in [5.74, 6) is 0.392. The maximum Gasteiger partial charge on any atom is 0.252 e. The molecule has 0 aliphatic heterocycles. The Kier molecular flexibility index (Phi) is 13.5. The predicted molar refractivity (Wildman–Crippen MR) is 209 cm³/mol. The van der Waals surface area contributed by atoms with Gasteiger partial charge in [-0.1, -0.05) is 96.1 Å². The van der Waals surface area contributed by atoms with Crippen LogP contribution in [0.1, 0.15) is 58.2 Å². The molecule has 8 nitrogen and oxygen atoms in total. The second-order valence-electron chi connectivity index (χ2n) is 15.8. The maximum absolute atomic E-state index is 13.5. The Balaban J connectivity index is 1.69. The summed E-state index contributed by atoms with van der Waals surface area (Å²) >= 11 is 0. The molecular formula is C40H57N3O5Si2. The van der Waals surface area contributed by atoms with E-state index >= 15 is 0 Å². The van der Waals surface area contributed by atoms with Crippen LogP contribution in [-0.2, 0) is 27.2 Å². The molecule has 1 atom stereocenters. The number of nitrogens with one attached hydrogen (secondary N) is 3. The Bertz CT molecular complexity index is 1620. The molecule has 0 aromatic heterocycles. The van der Waals surface area contributed by atoms with E-state index in [-0.39, 0.29) is 33.9 Å². The second-order valence-corrected chi connectivity index (χ2v) is 25.3. The first-order chi connectivity index (χ1) is 23.2. The van der Waals surface area contributed by atoms with Gasteiger partial charge in [0.25, 0.3) is 5.91 Å². The molecule has 0 bridgehead atoms. The van der Waals surface area contributed by atoms with Gasteiger partial charge in [0.15, 0.2) is 0 Å². The molecule has 0 radical (unpaired) electrons. The number of amides is 3. The highest BCUT2D eigenvalue weighted by Gasteiger charge is 2.39. The lowest BCUT2D eigenvalue weighted by molar-refractivity contribution is -0.126. The summed E-state index contributed by atoms with van der Waals surface area (Å²) in [7, 11) is -2.40. The van der Waals surface area contributed by atoms with Gasteiger partial charge in [0.2, 0.25) is 28.4 Å². The third kappa shape index (κ3) is 11.4. The maximum atomic E-state index is 13.5. The molecule has 0 spiro atoms. The minimum atomic E-state index is -2.00. The molecule has 3 N–H and O–H groups in total. The number of benzene rings is 3. The Morgan fingerprint density at radius 2 is 1.20 bits per heavy atom. The molecule has 0 heterocycles. The summed E-state index contributed by atoms with van der Waals surface area (Å²) in [6.07, 6.45) is 2.15. The number of hydrogen-bond donors (Lipinski definition) is 3. The molecule has 3 rings (SSSR count). The van der Waals surface area contributed by atoms with E-state index in [1.165, 1.54) is 13.1 Å². The summed E-state index contributed by atoms with van der Waals surface area (Å²) in [4.78, 5) is 39.7. The van der Waals surface area contributed by atoms with Gasteiger partial charge in [-0.15, -0.1) is 0 Å². The predicted octanol–water partition coefficient (Wildman–Crippen LogP) is 7.67. The molecule has 0 fully saturated rings. The standard InChI is InChI=1S/C40H57N3O5Si2/c1-39(2,3)49(8,9)47-32-21-17-29(18-22-32)25-26-42-37(45)34(31-15-13-12-14-16-31)28-36(44)43-35(38(46)41-7)27-30-19-23-33(24-20-30)48-50(10,11)40(4,5)6/h12-24,28,35H,25-27H2,1-11H3,(H,41,46)(H,42,45)(H,43,44)/b34-28-. The van der Waals surface area contributed by atoms with Crippen LogP contribution >= 0.6 is 0 Å². The smallest absolute Gasteiger partial charge is 0.252 e. The van der Waals surface area contributed by atoms with E-state index in [0.29, 0.717) is 18.5 Å². The minimum Gasteiger partial charge on any atom is -0.544 e. The summed E-state index contributed by atoms with van der Waals surface area (Å²) in [6, 6.07) is 23.8. The van der Waals surface area contributed by atoms with Crippen LogP contribution in [0.5, 0.6) is 11.5 Å². The van der Waals surface area contributed by atoms with Crippen molar-refractivity contribution in [3.63, 3.8) is 0 Å². The summed E-state index contributed by atoms with van der Waals surface area (Å²) < 4.78 is 12.8. The first-order valence-electron chi connectivity index (χ1n) is 17.4. The van der Waals surface area contributed by atoms with E-state index in [0.717, 1.165) is 22.6 Å². The first-order valence-corrected chi connectivity index (χ1v) is 23.2. The molecule has 0 aliphatic carbocycles. The minimum absolute atomic E-state index is 0.0655. The van der Waals surface area contributed by atoms with Gasteiger partial charge in [-0.25, -0.2) is 0 Å². The number of carbonyl (C=O) groups excluding carboxylic acids is 3. The van der Waals surface area contributed by atoms with E-state index < -0.39 is 28.6 Å². The van der Waals surface area contributed by atoms with Gasteiger partial charge in [-0.3, -0.25) is 14.4 Å². The quantitative estimate of drug-likeness (QED) is 0.117. The summed E-state index contributed by atoms with van der Waals surface area (Å²) in [5.41, 5.74) is 2.74. The van der Waals surface area contributed by atoms with Crippen molar-refractivity contribution < 1.29 is 23.2 Å². The van der Waals surface area contributed by atoms with Crippen molar-refractivity contribution in [3.05, 3.63) is 102 Å². The van der Waals surface area contributed by atoms with Crippen LogP contribution in [0.2, 0.25) is 36.3 Å². The fourth-order valence-electron chi connectivity index (χ4n) is 4.59. The van der Waals surface area contributed by atoms with Crippen LogP contribution in [0.4, 0.5) is 0 Å². The topological polar surface area (TPSA) is 106 Å². The Morgan fingerprint density at radius 3 is 1.66 bits per heavy atom. The average molecular weight is 716 g/mol. The van der Waals surface area contributed by atoms with Gasteiger partial charge in [-0.05, 0) is 83.6 Å². The highest BCUT2D eigenvalue weighted by Crippen LogP contribution is 2.38. The molecule has 3 aromatic carbocycles. The van der Waals surface area contributed by atoms with Crippen LogP contribution < -0.4 is 24.8 Å². The third-order valence-corrected chi connectivity index (χ3v) is 18.5. The summed E-state index contributed by atoms with van der Waals surface area (Å²) in [5, 5.41) is 8.59. The number of rotatable bonds is 14. The van der Waals surface area contributed by atoms with E-state index in [2.05, 4.69) is 83.7 Å². The van der Waals surface area contributed by atoms with Crippen LogP contribution in [0.25, 0.3) is 5.57 Å². The number of carbonyl (C=O) groups is 3. The van der Waals surface area contributed by atoms with Crippen LogP contribution in [-0.4, -0.2) is 54.0 Å². The molecule has 3 amide bonds. The normalized spacial score (nSPS) is 13.2. The van der Waals surface area contributed by atoms with Crippen LogP contribution in [0.15, 0.2) is 84.9 Å². The molecule has 0 saturated heterocycles. The lowest BCUT2D eigenvalue weighted by atomic mass is 10.0. The zero-order valence-corrected chi connectivity index (χ0v) is 33.8. The van der Waals surface area contributed by atoms with E-state index in [1.54, 1.807) is 12.1 Å². The van der Waals surface area contributed by atoms with Crippen molar-refractivity contribution in [3.8, 4) is 11.5 Å². The van der Waals surface area contributed by atoms with Gasteiger partial charge >= 0.3 is 0 Å². The van der Waals surface area contributed by atoms with Crippen molar-refractivity contribution in [2.75, 3.05) is 13.6 Å². The van der Waals surface area contributed by atoms with Crippen molar-refractivity contribution >= 4 is 39.9 Å². The highest BCUT2D eigenvalue weighted by molar-refractivity contribution is 6.75. The van der Waals surface area contributed by atoms with Gasteiger partial charge in [0.1, 0.15) is 17.5 Å². The van der Waals surface area contributed by atoms with Crippen molar-refractivity contribution in [1.82, 2.24) is 16.0 Å². The van der Waals surface area contributed by atoms with E-state index in [4.69, 9.17) is 8.85 Å². The fraction of sp³-hybridized carbons (Fsp3) is 0.425. The largest absolute Gasteiger partial charge is 0.544 e. The lowest BCUT2D eigenvalue weighted by Crippen LogP contribution is -2.46. The molecule has 0 aliphatic rings. The highest BCUT2D eigenvalue weighted by atomic mass is 28.4. The molecule has 3 aromatic rings. The molecular weight excluding hydrogens is 659 g/mol. The zero-order chi connectivity index (χ0) is 37.3. The number of hydrogen-bond acceptors (Lipinski definition) is 5. The van der Waals surface area contributed by atoms with Gasteiger partial charge in [0.05, 0.1) is 5.57 Å².